The normalized spacial score (nSPS) is 16.2. The minimum atomic E-state index is -2.15. The summed E-state index contributed by atoms with van der Waals surface area (Å²) >= 11 is 0. The van der Waals surface area contributed by atoms with Crippen molar-refractivity contribution in [1.29, 1.82) is 0 Å². The summed E-state index contributed by atoms with van der Waals surface area (Å²) in [4.78, 5) is 23.1. The van der Waals surface area contributed by atoms with E-state index in [1.165, 1.54) is 13.8 Å². The smallest absolute Gasteiger partial charge is 0.336 e. The zero-order chi connectivity index (χ0) is 18.7. The Hall–Kier alpha value is -2.00. The standard InChI is InChI=1S/C16H22O8/c1-5-23-15(3,21)11-9(13(17)18)7-8-10(14(19)20)12(11)16(4,22)24-6-2/h7-8,21-22H,5-6H2,1-4H3,(H,17,18)(H,19,20). The highest BCUT2D eigenvalue weighted by Crippen LogP contribution is 2.38. The monoisotopic (exact) mass is 342 g/mol. The van der Waals surface area contributed by atoms with E-state index in [1.54, 1.807) is 13.8 Å². The summed E-state index contributed by atoms with van der Waals surface area (Å²) in [5, 5.41) is 40.0. The van der Waals surface area contributed by atoms with Crippen molar-refractivity contribution in [2.75, 3.05) is 13.2 Å². The molecule has 0 aliphatic rings. The largest absolute Gasteiger partial charge is 0.478 e. The first kappa shape index (κ1) is 20.0. The maximum atomic E-state index is 11.6. The first-order valence-corrected chi connectivity index (χ1v) is 7.36. The van der Waals surface area contributed by atoms with Gasteiger partial charge < -0.3 is 29.9 Å². The molecule has 0 aliphatic carbocycles. The third-order valence-corrected chi connectivity index (χ3v) is 3.44. The lowest BCUT2D eigenvalue weighted by atomic mass is 9.86. The molecule has 134 valence electrons. The Labute approximate surface area is 139 Å². The number of aliphatic hydroxyl groups is 2. The van der Waals surface area contributed by atoms with Gasteiger partial charge in [0.1, 0.15) is 0 Å². The van der Waals surface area contributed by atoms with E-state index >= 15 is 0 Å². The molecule has 0 saturated heterocycles. The predicted molar refractivity (Wildman–Crippen MR) is 82.8 cm³/mol. The van der Waals surface area contributed by atoms with E-state index in [1.807, 2.05) is 0 Å². The van der Waals surface area contributed by atoms with Gasteiger partial charge in [0, 0.05) is 24.3 Å². The number of carboxylic acid groups (broad SMARTS) is 2. The van der Waals surface area contributed by atoms with Gasteiger partial charge in [0.15, 0.2) is 11.6 Å². The second-order valence-electron chi connectivity index (χ2n) is 5.35. The van der Waals surface area contributed by atoms with Crippen LogP contribution in [0.3, 0.4) is 0 Å². The van der Waals surface area contributed by atoms with Crippen LogP contribution in [0.2, 0.25) is 0 Å². The minimum absolute atomic E-state index is 0.0274. The Morgan fingerprint density at radius 2 is 1.17 bits per heavy atom. The Morgan fingerprint density at radius 1 is 0.875 bits per heavy atom. The summed E-state index contributed by atoms with van der Waals surface area (Å²) < 4.78 is 10.4. The molecule has 0 bridgehead atoms. The molecule has 0 saturated carbocycles. The molecule has 0 fully saturated rings. The minimum Gasteiger partial charge on any atom is -0.478 e. The maximum Gasteiger partial charge on any atom is 0.336 e. The summed E-state index contributed by atoms with van der Waals surface area (Å²) in [6.07, 6.45) is 0. The highest BCUT2D eigenvalue weighted by Gasteiger charge is 2.41. The first-order chi connectivity index (χ1) is 11.0. The molecule has 2 atom stereocenters. The van der Waals surface area contributed by atoms with E-state index in [4.69, 9.17) is 9.47 Å². The number of ether oxygens (including phenoxy) is 2. The zero-order valence-corrected chi connectivity index (χ0v) is 14.0. The van der Waals surface area contributed by atoms with Crippen LogP contribution in [0, 0.1) is 0 Å². The number of aromatic carboxylic acids is 2. The van der Waals surface area contributed by atoms with Crippen LogP contribution in [-0.4, -0.2) is 45.6 Å². The Balaban J connectivity index is 3.94. The van der Waals surface area contributed by atoms with Gasteiger partial charge in [0.2, 0.25) is 0 Å². The number of hydrogen-bond donors (Lipinski definition) is 4. The van der Waals surface area contributed by atoms with E-state index in [9.17, 15) is 30.0 Å². The van der Waals surface area contributed by atoms with Crippen LogP contribution in [0.5, 0.6) is 0 Å². The van der Waals surface area contributed by atoms with E-state index in [0.29, 0.717) is 0 Å². The van der Waals surface area contributed by atoms with Crippen molar-refractivity contribution in [3.05, 3.63) is 34.4 Å². The molecule has 1 rings (SSSR count). The molecule has 0 heterocycles. The lowest BCUT2D eigenvalue weighted by Crippen LogP contribution is -2.37. The maximum absolute atomic E-state index is 11.6. The molecular weight excluding hydrogens is 320 g/mol. The van der Waals surface area contributed by atoms with Crippen molar-refractivity contribution in [1.82, 2.24) is 0 Å². The number of carbonyl (C=O) groups is 2. The van der Waals surface area contributed by atoms with Gasteiger partial charge >= 0.3 is 11.9 Å². The average Bonchev–Trinajstić information content (AvgIpc) is 2.45. The van der Waals surface area contributed by atoms with Crippen molar-refractivity contribution in [3.8, 4) is 0 Å². The Bertz CT molecular complexity index is 578. The average molecular weight is 342 g/mol. The van der Waals surface area contributed by atoms with Gasteiger partial charge in [-0.1, -0.05) is 0 Å². The second-order valence-corrected chi connectivity index (χ2v) is 5.35. The number of benzene rings is 1. The summed E-state index contributed by atoms with van der Waals surface area (Å²) in [5.74, 6) is -7.11. The second kappa shape index (κ2) is 7.27. The summed E-state index contributed by atoms with van der Waals surface area (Å²) in [6, 6.07) is 2.08. The fourth-order valence-electron chi connectivity index (χ4n) is 2.63. The highest BCUT2D eigenvalue weighted by molar-refractivity contribution is 5.95. The van der Waals surface area contributed by atoms with Crippen molar-refractivity contribution >= 4 is 11.9 Å². The van der Waals surface area contributed by atoms with Crippen LogP contribution in [-0.2, 0) is 21.0 Å². The summed E-state index contributed by atoms with van der Waals surface area (Å²) in [7, 11) is 0. The van der Waals surface area contributed by atoms with Crippen LogP contribution >= 0.6 is 0 Å². The van der Waals surface area contributed by atoms with Gasteiger partial charge in [0.05, 0.1) is 11.1 Å². The molecule has 2 unspecified atom stereocenters. The topological polar surface area (TPSA) is 134 Å². The van der Waals surface area contributed by atoms with Crippen LogP contribution in [0.4, 0.5) is 0 Å². The predicted octanol–water partition coefficient (Wildman–Crippen LogP) is 1.49. The van der Waals surface area contributed by atoms with Crippen LogP contribution in [0.25, 0.3) is 0 Å². The number of rotatable bonds is 8. The quantitative estimate of drug-likeness (QED) is 0.522. The molecular formula is C16H22O8. The van der Waals surface area contributed by atoms with E-state index in [2.05, 4.69) is 0 Å². The molecule has 8 nitrogen and oxygen atoms in total. The lowest BCUT2D eigenvalue weighted by Gasteiger charge is -2.34. The Morgan fingerprint density at radius 3 is 1.38 bits per heavy atom. The van der Waals surface area contributed by atoms with Crippen molar-refractivity contribution in [2.24, 2.45) is 0 Å². The molecule has 24 heavy (non-hydrogen) atoms. The first-order valence-electron chi connectivity index (χ1n) is 7.36. The molecule has 1 aromatic carbocycles. The fourth-order valence-corrected chi connectivity index (χ4v) is 2.63. The van der Waals surface area contributed by atoms with E-state index in [-0.39, 0.29) is 24.3 Å². The third-order valence-electron chi connectivity index (χ3n) is 3.44. The molecule has 4 N–H and O–H groups in total. The molecule has 1 aromatic rings. The number of hydrogen-bond acceptors (Lipinski definition) is 6. The molecule has 0 aliphatic heterocycles. The third kappa shape index (κ3) is 3.90. The fraction of sp³-hybridized carbons (Fsp3) is 0.500. The van der Waals surface area contributed by atoms with Gasteiger partial charge in [-0.15, -0.1) is 0 Å². The van der Waals surface area contributed by atoms with Gasteiger partial charge in [-0.2, -0.15) is 0 Å². The molecule has 0 radical (unpaired) electrons. The molecule has 0 aromatic heterocycles. The van der Waals surface area contributed by atoms with Gasteiger partial charge in [-0.3, -0.25) is 0 Å². The van der Waals surface area contributed by atoms with E-state index in [0.717, 1.165) is 12.1 Å². The molecule has 0 amide bonds. The van der Waals surface area contributed by atoms with Crippen molar-refractivity contribution in [2.45, 2.75) is 39.3 Å². The summed E-state index contributed by atoms with van der Waals surface area (Å²) in [5.41, 5.74) is -1.52. The lowest BCUT2D eigenvalue weighted by molar-refractivity contribution is -0.215. The zero-order valence-electron chi connectivity index (χ0n) is 14.0. The SMILES string of the molecule is CCOC(C)(O)c1c(C(=O)O)ccc(C(=O)O)c1C(C)(O)OCC. The van der Waals surface area contributed by atoms with Crippen LogP contribution in [0.15, 0.2) is 12.1 Å². The van der Waals surface area contributed by atoms with Gasteiger partial charge in [-0.05, 0) is 39.8 Å². The van der Waals surface area contributed by atoms with Gasteiger partial charge in [0.25, 0.3) is 0 Å². The van der Waals surface area contributed by atoms with Crippen LogP contribution in [0.1, 0.15) is 59.5 Å². The number of carboxylic acids is 2. The Kier molecular flexibility index (Phi) is 6.07. The molecule has 8 heteroatoms. The highest BCUT2D eigenvalue weighted by atomic mass is 16.6. The van der Waals surface area contributed by atoms with Crippen molar-refractivity contribution in [3.63, 3.8) is 0 Å². The van der Waals surface area contributed by atoms with Crippen molar-refractivity contribution < 1.29 is 39.5 Å². The van der Waals surface area contributed by atoms with Gasteiger partial charge in [-0.25, -0.2) is 9.59 Å². The van der Waals surface area contributed by atoms with Crippen LogP contribution < -0.4 is 0 Å². The summed E-state index contributed by atoms with van der Waals surface area (Å²) in [6.45, 7) is 5.57. The van der Waals surface area contributed by atoms with E-state index < -0.39 is 34.6 Å². The molecule has 0 spiro atoms.